The van der Waals surface area contributed by atoms with E-state index < -0.39 is 6.10 Å². The molecule has 5 heteroatoms. The van der Waals surface area contributed by atoms with E-state index >= 15 is 0 Å². The van der Waals surface area contributed by atoms with Crippen LogP contribution in [0.15, 0.2) is 43.0 Å². The van der Waals surface area contributed by atoms with E-state index in [4.69, 9.17) is 4.74 Å². The maximum Gasteiger partial charge on any atom is 0.118 e. The monoisotopic (exact) mass is 289 g/mol. The standard InChI is InChI=1S/C16H23N3O2/c1-13(18-8-3-10-19-11-9-17-12-19)16(20)14-4-6-15(21-2)7-5-14/h4-7,9,11-13,16,18,20H,3,8,10H2,1-2H3. The van der Waals surface area contributed by atoms with E-state index in [0.717, 1.165) is 30.8 Å². The molecule has 0 saturated heterocycles. The van der Waals surface area contributed by atoms with Gasteiger partial charge in [0.25, 0.3) is 0 Å². The molecule has 5 nitrogen and oxygen atoms in total. The lowest BCUT2D eigenvalue weighted by atomic mass is 10.0. The lowest BCUT2D eigenvalue weighted by Gasteiger charge is -2.21. The van der Waals surface area contributed by atoms with E-state index in [9.17, 15) is 5.11 Å². The molecular formula is C16H23N3O2. The first-order valence-electron chi connectivity index (χ1n) is 7.22. The molecule has 0 bridgehead atoms. The number of hydrogen-bond acceptors (Lipinski definition) is 4. The van der Waals surface area contributed by atoms with Gasteiger partial charge in [0.15, 0.2) is 0 Å². The van der Waals surface area contributed by atoms with Crippen LogP contribution in [0.2, 0.25) is 0 Å². The normalized spacial score (nSPS) is 13.9. The number of rotatable bonds is 8. The smallest absolute Gasteiger partial charge is 0.118 e. The zero-order valence-corrected chi connectivity index (χ0v) is 12.6. The summed E-state index contributed by atoms with van der Waals surface area (Å²) in [5, 5.41) is 13.7. The quantitative estimate of drug-likeness (QED) is 0.730. The van der Waals surface area contributed by atoms with Gasteiger partial charge in [0, 0.05) is 25.0 Å². The fraction of sp³-hybridized carbons (Fsp3) is 0.438. The number of nitrogens with one attached hydrogen (secondary N) is 1. The Morgan fingerprint density at radius 2 is 2.10 bits per heavy atom. The maximum absolute atomic E-state index is 10.3. The number of aryl methyl sites for hydroxylation is 1. The van der Waals surface area contributed by atoms with Crippen molar-refractivity contribution in [2.75, 3.05) is 13.7 Å². The van der Waals surface area contributed by atoms with E-state index in [2.05, 4.69) is 10.3 Å². The molecule has 0 aliphatic carbocycles. The number of aromatic nitrogens is 2. The molecular weight excluding hydrogens is 266 g/mol. The van der Waals surface area contributed by atoms with E-state index in [1.807, 2.05) is 48.3 Å². The van der Waals surface area contributed by atoms with Crippen molar-refractivity contribution in [3.8, 4) is 5.75 Å². The molecule has 0 aliphatic heterocycles. The minimum absolute atomic E-state index is 0.00109. The summed E-state index contributed by atoms with van der Waals surface area (Å²) in [4.78, 5) is 4.01. The summed E-state index contributed by atoms with van der Waals surface area (Å²) >= 11 is 0. The van der Waals surface area contributed by atoms with Gasteiger partial charge in [-0.05, 0) is 37.6 Å². The highest BCUT2D eigenvalue weighted by Gasteiger charge is 2.15. The minimum Gasteiger partial charge on any atom is -0.497 e. The average Bonchev–Trinajstić information content (AvgIpc) is 3.04. The van der Waals surface area contributed by atoms with Gasteiger partial charge < -0.3 is 19.7 Å². The number of methoxy groups -OCH3 is 1. The van der Waals surface area contributed by atoms with Gasteiger partial charge in [-0.15, -0.1) is 0 Å². The van der Waals surface area contributed by atoms with Crippen molar-refractivity contribution in [2.45, 2.75) is 32.0 Å². The lowest BCUT2D eigenvalue weighted by Crippen LogP contribution is -2.33. The average molecular weight is 289 g/mol. The van der Waals surface area contributed by atoms with Gasteiger partial charge in [0.1, 0.15) is 5.75 Å². The van der Waals surface area contributed by atoms with Gasteiger partial charge in [0.05, 0.1) is 19.5 Å². The summed E-state index contributed by atoms with van der Waals surface area (Å²) in [6.45, 7) is 3.77. The third-order valence-corrected chi connectivity index (χ3v) is 3.55. The first-order chi connectivity index (χ1) is 10.2. The molecule has 114 valence electrons. The number of nitrogens with zero attached hydrogens (tertiary/aromatic N) is 2. The fourth-order valence-electron chi connectivity index (χ4n) is 2.21. The van der Waals surface area contributed by atoms with Gasteiger partial charge in [-0.1, -0.05) is 12.1 Å². The molecule has 2 N–H and O–H groups in total. The summed E-state index contributed by atoms with van der Waals surface area (Å²) in [6.07, 6.45) is 6.02. The van der Waals surface area contributed by atoms with Crippen molar-refractivity contribution in [1.82, 2.24) is 14.9 Å². The van der Waals surface area contributed by atoms with Gasteiger partial charge in [-0.25, -0.2) is 4.98 Å². The van der Waals surface area contributed by atoms with Gasteiger partial charge >= 0.3 is 0 Å². The van der Waals surface area contributed by atoms with Gasteiger partial charge in [-0.3, -0.25) is 0 Å². The highest BCUT2D eigenvalue weighted by Crippen LogP contribution is 2.20. The molecule has 0 radical (unpaired) electrons. The molecule has 21 heavy (non-hydrogen) atoms. The Balaban J connectivity index is 1.74. The Hall–Kier alpha value is -1.85. The molecule has 1 aromatic carbocycles. The zero-order valence-electron chi connectivity index (χ0n) is 12.6. The van der Waals surface area contributed by atoms with Crippen LogP contribution in [0.1, 0.15) is 25.0 Å². The summed E-state index contributed by atoms with van der Waals surface area (Å²) in [5.41, 5.74) is 0.894. The van der Waals surface area contributed by atoms with Crippen LogP contribution < -0.4 is 10.1 Å². The molecule has 0 aliphatic rings. The van der Waals surface area contributed by atoms with Crippen LogP contribution in [0, 0.1) is 0 Å². The van der Waals surface area contributed by atoms with Crippen LogP contribution in [0.25, 0.3) is 0 Å². The third-order valence-electron chi connectivity index (χ3n) is 3.55. The van der Waals surface area contributed by atoms with Crippen LogP contribution >= 0.6 is 0 Å². The van der Waals surface area contributed by atoms with Crippen molar-refractivity contribution in [1.29, 1.82) is 0 Å². The molecule has 0 fully saturated rings. The fourth-order valence-corrected chi connectivity index (χ4v) is 2.21. The molecule has 1 aromatic heterocycles. The Labute approximate surface area is 125 Å². The second-order valence-electron chi connectivity index (χ2n) is 5.11. The predicted molar refractivity (Wildman–Crippen MR) is 82.3 cm³/mol. The Morgan fingerprint density at radius 1 is 1.33 bits per heavy atom. The minimum atomic E-state index is -0.524. The summed E-state index contributed by atoms with van der Waals surface area (Å²) in [7, 11) is 1.63. The van der Waals surface area contributed by atoms with Crippen molar-refractivity contribution >= 4 is 0 Å². The summed E-state index contributed by atoms with van der Waals surface area (Å²) in [6, 6.07) is 7.52. The third kappa shape index (κ3) is 4.58. The SMILES string of the molecule is COc1ccc(C(O)C(C)NCCCn2ccnc2)cc1. The van der Waals surface area contributed by atoms with Crippen LogP contribution in [0.3, 0.4) is 0 Å². The Kier molecular flexibility index (Phi) is 5.78. The van der Waals surface area contributed by atoms with Crippen molar-refractivity contribution < 1.29 is 9.84 Å². The number of aliphatic hydroxyl groups is 1. The number of aliphatic hydroxyl groups excluding tert-OH is 1. The maximum atomic E-state index is 10.3. The summed E-state index contributed by atoms with van der Waals surface area (Å²) in [5.74, 6) is 0.798. The second-order valence-corrected chi connectivity index (χ2v) is 5.11. The summed E-state index contributed by atoms with van der Waals surface area (Å²) < 4.78 is 7.17. The number of ether oxygens (including phenoxy) is 1. The van der Waals surface area contributed by atoms with Crippen molar-refractivity contribution in [2.24, 2.45) is 0 Å². The van der Waals surface area contributed by atoms with Crippen LogP contribution in [0.4, 0.5) is 0 Å². The molecule has 2 rings (SSSR count). The van der Waals surface area contributed by atoms with E-state index in [1.54, 1.807) is 13.3 Å². The van der Waals surface area contributed by atoms with Crippen molar-refractivity contribution in [3.63, 3.8) is 0 Å². The predicted octanol–water partition coefficient (Wildman–Crippen LogP) is 1.99. The van der Waals surface area contributed by atoms with E-state index in [-0.39, 0.29) is 6.04 Å². The molecule has 2 atom stereocenters. The highest BCUT2D eigenvalue weighted by molar-refractivity contribution is 5.28. The number of imidazole rings is 1. The zero-order chi connectivity index (χ0) is 15.1. The van der Waals surface area contributed by atoms with Gasteiger partial charge in [-0.2, -0.15) is 0 Å². The van der Waals surface area contributed by atoms with Crippen molar-refractivity contribution in [3.05, 3.63) is 48.5 Å². The highest BCUT2D eigenvalue weighted by atomic mass is 16.5. The van der Waals surface area contributed by atoms with Crippen LogP contribution in [-0.2, 0) is 6.54 Å². The lowest BCUT2D eigenvalue weighted by molar-refractivity contribution is 0.136. The van der Waals surface area contributed by atoms with Crippen LogP contribution in [-0.4, -0.2) is 34.4 Å². The van der Waals surface area contributed by atoms with E-state index in [0.29, 0.717) is 0 Å². The molecule has 1 heterocycles. The molecule has 0 spiro atoms. The first-order valence-corrected chi connectivity index (χ1v) is 7.22. The molecule has 2 unspecified atom stereocenters. The van der Waals surface area contributed by atoms with E-state index in [1.165, 1.54) is 0 Å². The Morgan fingerprint density at radius 3 is 2.71 bits per heavy atom. The Bertz CT molecular complexity index is 511. The molecule has 0 amide bonds. The second kappa shape index (κ2) is 7.81. The van der Waals surface area contributed by atoms with Gasteiger partial charge in [0.2, 0.25) is 0 Å². The topological polar surface area (TPSA) is 59.3 Å². The molecule has 0 saturated carbocycles. The number of benzene rings is 1. The van der Waals surface area contributed by atoms with Crippen LogP contribution in [0.5, 0.6) is 5.75 Å². The first kappa shape index (κ1) is 15.5. The number of hydrogen-bond donors (Lipinski definition) is 2. The largest absolute Gasteiger partial charge is 0.497 e. The molecule has 2 aromatic rings.